The van der Waals surface area contributed by atoms with E-state index in [1.165, 1.54) is 7.11 Å². The van der Waals surface area contributed by atoms with E-state index in [9.17, 15) is 9.59 Å². The molecule has 1 aliphatic heterocycles. The zero-order chi connectivity index (χ0) is 15.6. The van der Waals surface area contributed by atoms with Crippen molar-refractivity contribution < 1.29 is 28.0 Å². The summed E-state index contributed by atoms with van der Waals surface area (Å²) in [7, 11) is -3.32. The van der Waals surface area contributed by atoms with Crippen LogP contribution in [0.2, 0.25) is 5.02 Å². The second-order valence-corrected chi connectivity index (χ2v) is 6.80. The van der Waals surface area contributed by atoms with Gasteiger partial charge in [-0.3, -0.25) is 4.57 Å². The molecular weight excluding hydrogens is 317 g/mol. The van der Waals surface area contributed by atoms with Crippen molar-refractivity contribution in [1.29, 1.82) is 0 Å². The molecule has 0 bridgehead atoms. The summed E-state index contributed by atoms with van der Waals surface area (Å²) in [5.41, 5.74) is 0.930. The summed E-state index contributed by atoms with van der Waals surface area (Å²) >= 11 is 6.09. The van der Waals surface area contributed by atoms with Gasteiger partial charge in [-0.05, 0) is 37.0 Å². The number of hydrogen-bond acceptors (Lipinski definition) is 6. The van der Waals surface area contributed by atoms with Gasteiger partial charge in [0.1, 0.15) is 5.75 Å². The number of ether oxygens (including phenoxy) is 1. The highest BCUT2D eigenvalue weighted by Crippen LogP contribution is 2.62. The van der Waals surface area contributed by atoms with Crippen LogP contribution in [0.25, 0.3) is 0 Å². The van der Waals surface area contributed by atoms with Gasteiger partial charge >= 0.3 is 14.7 Å². The SMILES string of the molecule is CCOP(=O)(OCC)C1OB(O)c2cc(OC)c(Cl)cc21. The van der Waals surface area contributed by atoms with Crippen LogP contribution in [0.3, 0.4) is 0 Å². The standard InChI is InChI=1S/C12H17BClO6P/c1-4-18-21(16,19-5-2)12-8-6-10(14)11(17-3)7-9(8)13(15)20-12/h6-7,12,15H,4-5H2,1-3H3. The van der Waals surface area contributed by atoms with Crippen LogP contribution in [0, 0.1) is 0 Å². The Morgan fingerprint density at radius 1 is 1.38 bits per heavy atom. The Labute approximate surface area is 129 Å². The lowest BCUT2D eigenvalue weighted by atomic mass is 9.79. The highest BCUT2D eigenvalue weighted by molar-refractivity contribution is 7.54. The Kier molecular flexibility index (Phi) is 5.36. The molecule has 0 spiro atoms. The Hall–Kier alpha value is -0.555. The maximum absolute atomic E-state index is 12.8. The molecule has 1 N–H and O–H groups in total. The van der Waals surface area contributed by atoms with Crippen molar-refractivity contribution in [3.63, 3.8) is 0 Å². The predicted molar refractivity (Wildman–Crippen MR) is 80.3 cm³/mol. The van der Waals surface area contributed by atoms with Gasteiger partial charge in [0.05, 0.1) is 25.3 Å². The number of rotatable bonds is 6. The van der Waals surface area contributed by atoms with E-state index in [2.05, 4.69) is 0 Å². The van der Waals surface area contributed by atoms with E-state index < -0.39 is 20.6 Å². The zero-order valence-corrected chi connectivity index (χ0v) is 13.7. The van der Waals surface area contributed by atoms with Crippen molar-refractivity contribution in [3.8, 4) is 5.75 Å². The van der Waals surface area contributed by atoms with Crippen molar-refractivity contribution in [2.24, 2.45) is 0 Å². The van der Waals surface area contributed by atoms with Crippen LogP contribution in [-0.4, -0.2) is 32.5 Å². The summed E-state index contributed by atoms with van der Waals surface area (Å²) in [5.74, 6) is -0.604. The van der Waals surface area contributed by atoms with Gasteiger partial charge in [-0.1, -0.05) is 11.6 Å². The van der Waals surface area contributed by atoms with Crippen molar-refractivity contribution in [2.45, 2.75) is 19.7 Å². The number of hydrogen-bond donors (Lipinski definition) is 1. The Morgan fingerprint density at radius 2 is 2.00 bits per heavy atom. The minimum absolute atomic E-state index is 0.201. The molecule has 1 unspecified atom stereocenters. The van der Waals surface area contributed by atoms with Gasteiger partial charge in [0.25, 0.3) is 0 Å². The fourth-order valence-electron chi connectivity index (χ4n) is 2.21. The lowest BCUT2D eigenvalue weighted by Crippen LogP contribution is -2.28. The molecule has 2 rings (SSSR count). The van der Waals surface area contributed by atoms with Gasteiger partial charge < -0.3 is 23.5 Å². The monoisotopic (exact) mass is 334 g/mol. The lowest BCUT2D eigenvalue weighted by Gasteiger charge is -2.23. The minimum Gasteiger partial charge on any atom is -0.495 e. The molecule has 0 aromatic heterocycles. The molecule has 0 amide bonds. The van der Waals surface area contributed by atoms with Crippen LogP contribution in [0.15, 0.2) is 12.1 Å². The lowest BCUT2D eigenvalue weighted by molar-refractivity contribution is 0.157. The summed E-state index contributed by atoms with van der Waals surface area (Å²) in [4.78, 5) is 0. The Balaban J connectivity index is 2.47. The van der Waals surface area contributed by atoms with Gasteiger partial charge in [-0.2, -0.15) is 0 Å². The first-order valence-electron chi connectivity index (χ1n) is 6.56. The maximum Gasteiger partial charge on any atom is 0.492 e. The van der Waals surface area contributed by atoms with Crippen LogP contribution in [0.5, 0.6) is 5.75 Å². The molecule has 6 nitrogen and oxygen atoms in total. The predicted octanol–water partition coefficient (Wildman–Crippen LogP) is 2.33. The molecule has 0 fully saturated rings. The first-order valence-corrected chi connectivity index (χ1v) is 8.55. The molecule has 0 saturated heterocycles. The molecular formula is C12H17BClO6P. The topological polar surface area (TPSA) is 74.2 Å². The van der Waals surface area contributed by atoms with Crippen LogP contribution in [0.4, 0.5) is 0 Å². The summed E-state index contributed by atoms with van der Waals surface area (Å²) < 4.78 is 33.9. The fourth-order valence-corrected chi connectivity index (χ4v) is 4.36. The highest BCUT2D eigenvalue weighted by Gasteiger charge is 2.48. The number of halogens is 1. The van der Waals surface area contributed by atoms with E-state index in [0.29, 0.717) is 21.8 Å². The Bertz CT molecular complexity index is 559. The molecule has 9 heteroatoms. The molecule has 0 aliphatic carbocycles. The van der Waals surface area contributed by atoms with Gasteiger partial charge in [-0.15, -0.1) is 0 Å². The van der Waals surface area contributed by atoms with Crippen molar-refractivity contribution in [3.05, 3.63) is 22.7 Å². The molecule has 21 heavy (non-hydrogen) atoms. The number of methoxy groups -OCH3 is 1. The highest BCUT2D eigenvalue weighted by atomic mass is 35.5. The first-order chi connectivity index (χ1) is 9.96. The molecule has 0 saturated carbocycles. The summed E-state index contributed by atoms with van der Waals surface area (Å²) in [6, 6.07) is 3.12. The Morgan fingerprint density at radius 3 is 2.52 bits per heavy atom. The second kappa shape index (κ2) is 6.69. The third kappa shape index (κ3) is 3.14. The number of benzene rings is 1. The molecule has 1 aliphatic rings. The summed E-state index contributed by atoms with van der Waals surface area (Å²) in [6.45, 7) is 3.82. The third-order valence-electron chi connectivity index (χ3n) is 3.05. The van der Waals surface area contributed by atoms with Crippen molar-refractivity contribution in [2.75, 3.05) is 20.3 Å². The van der Waals surface area contributed by atoms with Crippen LogP contribution in [-0.2, 0) is 18.3 Å². The average Bonchev–Trinajstić information content (AvgIpc) is 2.75. The molecule has 116 valence electrons. The van der Waals surface area contributed by atoms with Gasteiger partial charge in [-0.25, -0.2) is 0 Å². The van der Waals surface area contributed by atoms with Crippen LogP contribution >= 0.6 is 19.2 Å². The van der Waals surface area contributed by atoms with Gasteiger partial charge in [0.2, 0.25) is 0 Å². The molecule has 1 aromatic carbocycles. The van der Waals surface area contributed by atoms with E-state index in [0.717, 1.165) is 0 Å². The fraction of sp³-hybridized carbons (Fsp3) is 0.500. The summed E-state index contributed by atoms with van der Waals surface area (Å²) in [5, 5.41) is 10.3. The van der Waals surface area contributed by atoms with Crippen LogP contribution in [0.1, 0.15) is 25.3 Å². The van der Waals surface area contributed by atoms with Gasteiger partial charge in [0, 0.05) is 0 Å². The second-order valence-electron chi connectivity index (χ2n) is 4.33. The zero-order valence-electron chi connectivity index (χ0n) is 12.0. The molecule has 0 radical (unpaired) electrons. The first kappa shape index (κ1) is 16.8. The molecule has 1 atom stereocenters. The van der Waals surface area contributed by atoms with E-state index >= 15 is 0 Å². The quantitative estimate of drug-likeness (QED) is 0.636. The normalized spacial score (nSPS) is 18.0. The van der Waals surface area contributed by atoms with Crippen molar-refractivity contribution in [1.82, 2.24) is 0 Å². The molecule has 1 aromatic rings. The average molecular weight is 335 g/mol. The minimum atomic E-state index is -3.56. The number of fused-ring (bicyclic) bond motifs is 1. The van der Waals surface area contributed by atoms with Gasteiger partial charge in [0.15, 0.2) is 5.85 Å². The van der Waals surface area contributed by atoms with E-state index in [4.69, 9.17) is 30.0 Å². The van der Waals surface area contributed by atoms with E-state index in [-0.39, 0.29) is 13.2 Å². The van der Waals surface area contributed by atoms with E-state index in [1.807, 2.05) is 0 Å². The third-order valence-corrected chi connectivity index (χ3v) is 5.56. The van der Waals surface area contributed by atoms with Crippen LogP contribution < -0.4 is 10.2 Å². The van der Waals surface area contributed by atoms with E-state index in [1.54, 1.807) is 26.0 Å². The van der Waals surface area contributed by atoms with Crippen molar-refractivity contribution >= 4 is 31.8 Å². The maximum atomic E-state index is 12.8. The smallest absolute Gasteiger partial charge is 0.492 e. The summed E-state index contributed by atoms with van der Waals surface area (Å²) in [6.07, 6.45) is 0. The largest absolute Gasteiger partial charge is 0.495 e. The molecule has 1 heterocycles.